The zero-order chi connectivity index (χ0) is 20.2. The van der Waals surface area contributed by atoms with Crippen LogP contribution in [0.1, 0.15) is 32.1 Å². The molecule has 0 spiro atoms. The average molecular weight is 427 g/mol. The lowest BCUT2D eigenvalue weighted by Gasteiger charge is -2.43. The van der Waals surface area contributed by atoms with Crippen molar-refractivity contribution in [3.8, 4) is 0 Å². The number of pyridine rings is 1. The van der Waals surface area contributed by atoms with Crippen molar-refractivity contribution in [3.05, 3.63) is 18.3 Å². The Labute approximate surface area is 173 Å². The van der Waals surface area contributed by atoms with Gasteiger partial charge in [-0.05, 0) is 18.9 Å². The molecule has 3 heterocycles. The van der Waals surface area contributed by atoms with Crippen molar-refractivity contribution in [2.75, 3.05) is 64.5 Å². The topological polar surface area (TPSA) is 86.5 Å². The van der Waals surface area contributed by atoms with Crippen molar-refractivity contribution in [1.29, 1.82) is 0 Å². The minimum Gasteiger partial charge on any atom is -0.379 e. The molecule has 4 rings (SSSR count). The number of sulfonamides is 1. The van der Waals surface area contributed by atoms with Crippen LogP contribution in [-0.2, 0) is 19.5 Å². The predicted molar refractivity (Wildman–Crippen MR) is 108 cm³/mol. The Morgan fingerprint density at radius 1 is 1.03 bits per heavy atom. The highest BCUT2D eigenvalue weighted by molar-refractivity contribution is 7.89. The fraction of sp³-hybridized carbons (Fsp3) is 0.750. The highest BCUT2D eigenvalue weighted by Crippen LogP contribution is 2.26. The first-order valence-corrected chi connectivity index (χ1v) is 12.3. The summed E-state index contributed by atoms with van der Waals surface area (Å²) in [6.07, 6.45) is 7.96. The molecule has 3 aliphatic rings. The van der Waals surface area contributed by atoms with Gasteiger partial charge in [-0.3, -0.25) is 5.32 Å². The van der Waals surface area contributed by atoms with Gasteiger partial charge in [-0.2, -0.15) is 4.31 Å². The van der Waals surface area contributed by atoms with Gasteiger partial charge in [0.15, 0.2) is 0 Å². The summed E-state index contributed by atoms with van der Waals surface area (Å²) in [5.74, 6) is 0.864. The van der Waals surface area contributed by atoms with E-state index in [1.54, 1.807) is 17.2 Å². The van der Waals surface area contributed by atoms with E-state index in [1.165, 1.54) is 36.4 Å². The van der Waals surface area contributed by atoms with Gasteiger partial charge in [-0.1, -0.05) is 6.42 Å². The van der Waals surface area contributed by atoms with Crippen molar-refractivity contribution in [3.63, 3.8) is 0 Å². The van der Waals surface area contributed by atoms with E-state index < -0.39 is 10.0 Å². The third kappa shape index (κ3) is 4.74. The van der Waals surface area contributed by atoms with Gasteiger partial charge in [0.1, 0.15) is 36.3 Å². The summed E-state index contributed by atoms with van der Waals surface area (Å²) >= 11 is 0. The molecular formula is C20H34N4O4S+2. The number of aromatic amines is 1. The summed E-state index contributed by atoms with van der Waals surface area (Å²) in [7, 11) is -3.47. The third-order valence-electron chi connectivity index (χ3n) is 6.67. The van der Waals surface area contributed by atoms with Gasteiger partial charge in [0.05, 0.1) is 26.4 Å². The van der Waals surface area contributed by atoms with E-state index in [2.05, 4.69) is 10.3 Å². The number of nitrogens with zero attached hydrogens (tertiary/aromatic N) is 1. The maximum atomic E-state index is 12.8. The number of ether oxygens (including phenoxy) is 2. The van der Waals surface area contributed by atoms with Gasteiger partial charge in [0.2, 0.25) is 10.0 Å². The van der Waals surface area contributed by atoms with Crippen LogP contribution in [0, 0.1) is 0 Å². The highest BCUT2D eigenvalue weighted by atomic mass is 32.2. The normalized spacial score (nSPS) is 24.3. The van der Waals surface area contributed by atoms with Crippen molar-refractivity contribution in [2.24, 2.45) is 0 Å². The number of morpholine rings is 2. The highest BCUT2D eigenvalue weighted by Gasteiger charge is 2.44. The number of H-pyrrole nitrogens is 1. The van der Waals surface area contributed by atoms with Crippen LogP contribution in [0.4, 0.5) is 5.82 Å². The Morgan fingerprint density at radius 3 is 2.38 bits per heavy atom. The number of hydrogen-bond donors (Lipinski definition) is 2. The Kier molecular flexibility index (Phi) is 6.70. The Bertz CT molecular complexity index is 753. The number of nitrogens with one attached hydrogen (secondary N) is 3. The van der Waals surface area contributed by atoms with Gasteiger partial charge in [-0.25, -0.2) is 13.4 Å². The molecule has 8 nitrogen and oxygen atoms in total. The smallest absolute Gasteiger partial charge is 0.272 e. The molecule has 29 heavy (non-hydrogen) atoms. The van der Waals surface area contributed by atoms with Gasteiger partial charge < -0.3 is 14.4 Å². The van der Waals surface area contributed by atoms with Crippen LogP contribution in [0.25, 0.3) is 0 Å². The van der Waals surface area contributed by atoms with Crippen LogP contribution in [0.5, 0.6) is 0 Å². The van der Waals surface area contributed by atoms with Gasteiger partial charge >= 0.3 is 0 Å². The molecule has 1 aliphatic carbocycles. The van der Waals surface area contributed by atoms with E-state index in [1.807, 2.05) is 6.07 Å². The second-order valence-electron chi connectivity index (χ2n) is 8.36. The molecule has 3 N–H and O–H groups in total. The number of rotatable bonds is 6. The fourth-order valence-electron chi connectivity index (χ4n) is 4.91. The Morgan fingerprint density at radius 2 is 1.72 bits per heavy atom. The number of aromatic nitrogens is 1. The second kappa shape index (κ2) is 9.26. The SMILES string of the molecule is O=S(=O)(c1ccc(NCC2([NH+]3CCOCC3)CCCCC2)[nH+]c1)N1CCOCC1. The molecule has 2 saturated heterocycles. The maximum absolute atomic E-state index is 12.8. The van der Waals surface area contributed by atoms with Crippen molar-refractivity contribution >= 4 is 15.8 Å². The number of anilines is 1. The molecule has 3 fully saturated rings. The molecule has 1 aromatic heterocycles. The summed E-state index contributed by atoms with van der Waals surface area (Å²) in [5, 5.41) is 3.57. The van der Waals surface area contributed by atoms with E-state index in [0.29, 0.717) is 31.2 Å². The lowest BCUT2D eigenvalue weighted by atomic mass is 9.79. The van der Waals surface area contributed by atoms with E-state index >= 15 is 0 Å². The number of hydrogen-bond acceptors (Lipinski definition) is 5. The average Bonchev–Trinajstić information content (AvgIpc) is 2.80. The predicted octanol–water partition coefficient (Wildman–Crippen LogP) is -0.448. The van der Waals surface area contributed by atoms with E-state index in [4.69, 9.17) is 9.47 Å². The summed E-state index contributed by atoms with van der Waals surface area (Å²) in [6.45, 7) is 6.46. The fourth-order valence-corrected chi connectivity index (χ4v) is 6.29. The molecule has 1 aromatic rings. The van der Waals surface area contributed by atoms with Gasteiger partial charge in [0.25, 0.3) is 5.82 Å². The standard InChI is InChI=1S/C20H32N4O4S/c25-29(26,24-10-14-28-15-11-24)18-4-5-19(21-16-18)22-17-20(6-2-1-3-7-20)23-8-12-27-13-9-23/h4-5,16H,1-3,6-15,17H2,(H,21,22)/p+2. The molecule has 9 heteroatoms. The summed E-state index contributed by atoms with van der Waals surface area (Å²) < 4.78 is 37.9. The minimum atomic E-state index is -3.47. The van der Waals surface area contributed by atoms with Crippen molar-refractivity contribution in [2.45, 2.75) is 42.5 Å². The van der Waals surface area contributed by atoms with Crippen molar-refractivity contribution in [1.82, 2.24) is 4.31 Å². The first-order valence-electron chi connectivity index (χ1n) is 10.9. The van der Waals surface area contributed by atoms with Crippen LogP contribution >= 0.6 is 0 Å². The largest absolute Gasteiger partial charge is 0.379 e. The summed E-state index contributed by atoms with van der Waals surface area (Å²) in [4.78, 5) is 5.12. The van der Waals surface area contributed by atoms with Crippen LogP contribution in [0.3, 0.4) is 0 Å². The molecule has 1 saturated carbocycles. The molecule has 162 valence electrons. The van der Waals surface area contributed by atoms with Crippen LogP contribution in [0.2, 0.25) is 0 Å². The first kappa shape index (κ1) is 21.0. The summed E-state index contributed by atoms with van der Waals surface area (Å²) in [5.41, 5.74) is 0.244. The van der Waals surface area contributed by atoms with E-state index in [9.17, 15) is 8.42 Å². The van der Waals surface area contributed by atoms with Crippen LogP contribution < -0.4 is 15.2 Å². The molecule has 0 amide bonds. The Hall–Kier alpha value is -1.26. The Balaban J connectivity index is 1.42. The molecule has 0 atom stereocenters. The van der Waals surface area contributed by atoms with Crippen LogP contribution in [0.15, 0.2) is 23.2 Å². The zero-order valence-corrected chi connectivity index (χ0v) is 17.9. The molecule has 0 unspecified atom stereocenters. The molecule has 2 aliphatic heterocycles. The molecule has 0 bridgehead atoms. The molecule has 0 aromatic carbocycles. The van der Waals surface area contributed by atoms with Crippen molar-refractivity contribution < 1.29 is 27.8 Å². The monoisotopic (exact) mass is 426 g/mol. The van der Waals surface area contributed by atoms with E-state index in [0.717, 1.165) is 38.7 Å². The van der Waals surface area contributed by atoms with Crippen LogP contribution in [-0.4, -0.2) is 77.4 Å². The molecular weight excluding hydrogens is 392 g/mol. The lowest BCUT2D eigenvalue weighted by Crippen LogP contribution is -3.22. The van der Waals surface area contributed by atoms with Gasteiger partial charge in [0, 0.05) is 32.0 Å². The minimum absolute atomic E-state index is 0.244. The number of quaternary nitrogens is 1. The zero-order valence-electron chi connectivity index (χ0n) is 17.1. The quantitative estimate of drug-likeness (QED) is 0.644. The van der Waals surface area contributed by atoms with Gasteiger partial charge in [-0.15, -0.1) is 0 Å². The second-order valence-corrected chi connectivity index (χ2v) is 10.3. The first-order chi connectivity index (χ1) is 14.1. The summed E-state index contributed by atoms with van der Waals surface area (Å²) in [6, 6.07) is 3.54. The third-order valence-corrected chi connectivity index (χ3v) is 8.56. The van der Waals surface area contributed by atoms with E-state index in [-0.39, 0.29) is 5.54 Å². The lowest BCUT2D eigenvalue weighted by molar-refractivity contribution is -0.959. The maximum Gasteiger partial charge on any atom is 0.272 e. The molecule has 0 radical (unpaired) electrons.